The van der Waals surface area contributed by atoms with Crippen LogP contribution in [0, 0.1) is 0 Å². The van der Waals surface area contributed by atoms with Crippen molar-refractivity contribution in [3.63, 3.8) is 0 Å². The van der Waals surface area contributed by atoms with Crippen LogP contribution in [0.1, 0.15) is 74.0 Å². The fourth-order valence-corrected chi connectivity index (χ4v) is 3.04. The van der Waals surface area contributed by atoms with Gasteiger partial charge in [0, 0.05) is 10.4 Å². The Morgan fingerprint density at radius 2 is 2.12 bits per heavy atom. The van der Waals surface area contributed by atoms with Crippen molar-refractivity contribution in [1.82, 2.24) is 0 Å². The molecule has 0 fully saturated rings. The largest absolute Gasteiger partial charge is 0.294 e. The number of unbranched alkanes of at least 4 members (excludes halogenated alkanes) is 3. The summed E-state index contributed by atoms with van der Waals surface area (Å²) in [5.41, 5.74) is 0.938. The molecule has 1 nitrogen and oxygen atoms in total. The molecule has 0 radical (unpaired) electrons. The molecule has 0 bridgehead atoms. The molecule has 0 aliphatic rings. The quantitative estimate of drug-likeness (QED) is 0.481. The first-order chi connectivity index (χ1) is 7.66. The van der Waals surface area contributed by atoms with E-state index in [-0.39, 0.29) is 5.78 Å². The third-order valence-corrected chi connectivity index (χ3v) is 4.16. The molecular formula is C14H22OS. The van der Waals surface area contributed by atoms with Crippen LogP contribution in [0.3, 0.4) is 0 Å². The lowest BCUT2D eigenvalue weighted by molar-refractivity contribution is 0.101. The highest BCUT2D eigenvalue weighted by molar-refractivity contribution is 7.10. The van der Waals surface area contributed by atoms with Gasteiger partial charge in [-0.3, -0.25) is 4.79 Å². The van der Waals surface area contributed by atoms with Gasteiger partial charge in [-0.1, -0.05) is 39.5 Å². The number of Topliss-reactive ketones (excluding diaryl/α,β-unsaturated/α-hetero) is 1. The van der Waals surface area contributed by atoms with Gasteiger partial charge in [0.2, 0.25) is 0 Å². The zero-order valence-electron chi connectivity index (χ0n) is 10.6. The van der Waals surface area contributed by atoms with Crippen molar-refractivity contribution in [2.45, 2.75) is 58.8 Å². The van der Waals surface area contributed by atoms with Crippen LogP contribution < -0.4 is 0 Å². The van der Waals surface area contributed by atoms with Crippen LogP contribution in [-0.4, -0.2) is 5.78 Å². The Labute approximate surface area is 103 Å². The zero-order valence-corrected chi connectivity index (χ0v) is 11.4. The van der Waals surface area contributed by atoms with E-state index in [2.05, 4.69) is 13.8 Å². The molecule has 90 valence electrons. The number of hydrogen-bond donors (Lipinski definition) is 0. The predicted molar refractivity (Wildman–Crippen MR) is 71.5 cm³/mol. The molecule has 1 rings (SSSR count). The van der Waals surface area contributed by atoms with E-state index in [9.17, 15) is 4.79 Å². The molecule has 0 aromatic carbocycles. The Morgan fingerprint density at radius 1 is 1.38 bits per heavy atom. The first-order valence-electron chi connectivity index (χ1n) is 6.25. The minimum atomic E-state index is 0.205. The van der Waals surface area contributed by atoms with E-state index in [0.717, 1.165) is 5.56 Å². The summed E-state index contributed by atoms with van der Waals surface area (Å²) >= 11 is 1.73. The summed E-state index contributed by atoms with van der Waals surface area (Å²) in [6, 6.07) is 1.96. The van der Waals surface area contributed by atoms with E-state index in [4.69, 9.17) is 0 Å². The van der Waals surface area contributed by atoms with Gasteiger partial charge in [0.1, 0.15) is 0 Å². The van der Waals surface area contributed by atoms with E-state index in [1.807, 2.05) is 11.4 Å². The molecule has 0 aliphatic heterocycles. The highest BCUT2D eigenvalue weighted by Gasteiger charge is 2.14. The van der Waals surface area contributed by atoms with Crippen LogP contribution in [0.5, 0.6) is 0 Å². The highest BCUT2D eigenvalue weighted by Crippen LogP contribution is 2.30. The molecule has 0 saturated heterocycles. The molecule has 1 atom stereocenters. The van der Waals surface area contributed by atoms with Crippen molar-refractivity contribution >= 4 is 17.1 Å². The second-order valence-corrected chi connectivity index (χ2v) is 5.45. The number of thiophene rings is 1. The van der Waals surface area contributed by atoms with Crippen LogP contribution in [0.25, 0.3) is 0 Å². The van der Waals surface area contributed by atoms with Crippen LogP contribution in [0.15, 0.2) is 11.4 Å². The predicted octanol–water partition coefficient (Wildman–Crippen LogP) is 5.02. The molecule has 2 heteroatoms. The number of carbonyl (C=O) groups is 1. The number of ketones is 1. The molecule has 0 aliphatic carbocycles. The first kappa shape index (κ1) is 13.4. The van der Waals surface area contributed by atoms with Gasteiger partial charge in [-0.05, 0) is 30.7 Å². The molecule has 0 amide bonds. The minimum Gasteiger partial charge on any atom is -0.294 e. The van der Waals surface area contributed by atoms with E-state index < -0.39 is 0 Å². The monoisotopic (exact) mass is 238 g/mol. The third kappa shape index (κ3) is 3.75. The Balaban J connectivity index is 2.49. The summed E-state index contributed by atoms with van der Waals surface area (Å²) in [4.78, 5) is 12.7. The van der Waals surface area contributed by atoms with Crippen molar-refractivity contribution in [3.8, 4) is 0 Å². The molecule has 0 saturated carbocycles. The summed E-state index contributed by atoms with van der Waals surface area (Å²) in [5.74, 6) is 0.743. The SMILES string of the molecule is CCCCCCC(C)c1sccc1C(C)=O. The summed E-state index contributed by atoms with van der Waals surface area (Å²) < 4.78 is 0. The van der Waals surface area contributed by atoms with Gasteiger partial charge in [-0.2, -0.15) is 0 Å². The van der Waals surface area contributed by atoms with Crippen molar-refractivity contribution in [2.24, 2.45) is 0 Å². The van der Waals surface area contributed by atoms with Crippen molar-refractivity contribution in [2.75, 3.05) is 0 Å². The molecule has 1 aromatic heterocycles. The van der Waals surface area contributed by atoms with Crippen LogP contribution in [0.4, 0.5) is 0 Å². The second kappa shape index (κ2) is 6.85. The zero-order chi connectivity index (χ0) is 12.0. The molecule has 1 unspecified atom stereocenters. The fourth-order valence-electron chi connectivity index (χ4n) is 2.00. The minimum absolute atomic E-state index is 0.205. The van der Waals surface area contributed by atoms with E-state index in [1.54, 1.807) is 18.3 Å². The maximum atomic E-state index is 11.4. The number of hydrogen-bond acceptors (Lipinski definition) is 2. The molecule has 16 heavy (non-hydrogen) atoms. The molecule has 1 aromatic rings. The Morgan fingerprint density at radius 3 is 2.75 bits per heavy atom. The maximum absolute atomic E-state index is 11.4. The van der Waals surface area contributed by atoms with Gasteiger partial charge in [0.05, 0.1) is 0 Å². The van der Waals surface area contributed by atoms with Crippen LogP contribution in [0.2, 0.25) is 0 Å². The third-order valence-electron chi connectivity index (χ3n) is 3.01. The Hall–Kier alpha value is -0.630. The first-order valence-corrected chi connectivity index (χ1v) is 7.13. The van der Waals surface area contributed by atoms with Gasteiger partial charge in [0.15, 0.2) is 5.78 Å². The van der Waals surface area contributed by atoms with Gasteiger partial charge in [0.25, 0.3) is 0 Å². The summed E-state index contributed by atoms with van der Waals surface area (Å²) in [6.07, 6.45) is 6.43. The van der Waals surface area contributed by atoms with E-state index in [1.165, 1.54) is 37.0 Å². The molecule has 1 heterocycles. The second-order valence-electron chi connectivity index (χ2n) is 4.51. The number of rotatable bonds is 7. The van der Waals surface area contributed by atoms with Gasteiger partial charge < -0.3 is 0 Å². The summed E-state index contributed by atoms with van der Waals surface area (Å²) in [6.45, 7) is 6.14. The normalized spacial score (nSPS) is 12.7. The fraction of sp³-hybridized carbons (Fsp3) is 0.643. The lowest BCUT2D eigenvalue weighted by Crippen LogP contribution is -1.99. The van der Waals surface area contributed by atoms with E-state index >= 15 is 0 Å². The van der Waals surface area contributed by atoms with Crippen molar-refractivity contribution < 1.29 is 4.79 Å². The van der Waals surface area contributed by atoms with Gasteiger partial charge >= 0.3 is 0 Å². The summed E-state index contributed by atoms with van der Waals surface area (Å²) in [5, 5.41) is 2.04. The van der Waals surface area contributed by atoms with Gasteiger partial charge in [-0.25, -0.2) is 0 Å². The molecular weight excluding hydrogens is 216 g/mol. The Bertz CT molecular complexity index is 327. The molecule has 0 spiro atoms. The van der Waals surface area contributed by atoms with Crippen LogP contribution >= 0.6 is 11.3 Å². The topological polar surface area (TPSA) is 17.1 Å². The van der Waals surface area contributed by atoms with Gasteiger partial charge in [-0.15, -0.1) is 11.3 Å². The average molecular weight is 238 g/mol. The Kier molecular flexibility index (Phi) is 5.75. The average Bonchev–Trinajstić information content (AvgIpc) is 2.73. The highest BCUT2D eigenvalue weighted by atomic mass is 32.1. The smallest absolute Gasteiger partial charge is 0.160 e. The van der Waals surface area contributed by atoms with Crippen molar-refractivity contribution in [1.29, 1.82) is 0 Å². The summed E-state index contributed by atoms with van der Waals surface area (Å²) in [7, 11) is 0. The standard InChI is InChI=1S/C14H22OS/c1-4-5-6-7-8-11(2)14-13(12(3)15)9-10-16-14/h9-11H,4-8H2,1-3H3. The van der Waals surface area contributed by atoms with Crippen LogP contribution in [-0.2, 0) is 0 Å². The number of carbonyl (C=O) groups excluding carboxylic acids is 1. The van der Waals surface area contributed by atoms with E-state index in [0.29, 0.717) is 5.92 Å². The lowest BCUT2D eigenvalue weighted by atomic mass is 9.97. The molecule has 0 N–H and O–H groups in total. The maximum Gasteiger partial charge on any atom is 0.160 e. The lowest BCUT2D eigenvalue weighted by Gasteiger charge is -2.10. The van der Waals surface area contributed by atoms with Crippen molar-refractivity contribution in [3.05, 3.63) is 21.9 Å².